The molecule has 0 saturated heterocycles. The molecule has 0 heterocycles. The van der Waals surface area contributed by atoms with Crippen molar-refractivity contribution in [2.24, 2.45) is 0 Å². The Bertz CT molecular complexity index is 424. The summed E-state index contributed by atoms with van der Waals surface area (Å²) in [6.07, 6.45) is 1.74. The Labute approximate surface area is 102 Å². The van der Waals surface area contributed by atoms with Crippen LogP contribution in [0.1, 0.15) is 19.4 Å². The minimum absolute atomic E-state index is 0.385. The van der Waals surface area contributed by atoms with Crippen LogP contribution in [0.2, 0.25) is 0 Å². The molecule has 1 aromatic rings. The molecule has 1 aromatic carbocycles. The highest BCUT2D eigenvalue weighted by molar-refractivity contribution is 5.85. The molecular formula is C14H19NO2. The van der Waals surface area contributed by atoms with Gasteiger partial charge in [-0.1, -0.05) is 18.2 Å². The van der Waals surface area contributed by atoms with Crippen LogP contribution in [0.15, 0.2) is 35.9 Å². The first-order valence-corrected chi connectivity index (χ1v) is 5.76. The molecule has 0 radical (unpaired) electrons. The highest BCUT2D eigenvalue weighted by atomic mass is 16.4. The molecule has 3 heteroatoms. The molecule has 0 aliphatic carbocycles. The molecule has 92 valence electrons. The first-order valence-electron chi connectivity index (χ1n) is 5.76. The van der Waals surface area contributed by atoms with Crippen LogP contribution in [-0.2, 0) is 4.79 Å². The Hall–Kier alpha value is -1.77. The molecule has 0 aromatic heterocycles. The van der Waals surface area contributed by atoms with Gasteiger partial charge in [0.2, 0.25) is 0 Å². The standard InChI is InChI=1S/C14H19NO2/c1-4-15(9-8-12(3)14(16)17)13-7-5-6-11(2)10-13/h5-8,10H,4,9H2,1-3H3,(H,16,17). The Balaban J connectivity index is 2.79. The molecule has 0 amide bonds. The molecule has 0 unspecified atom stereocenters. The summed E-state index contributed by atoms with van der Waals surface area (Å²) in [5.74, 6) is -0.856. The fraction of sp³-hybridized carbons (Fsp3) is 0.357. The van der Waals surface area contributed by atoms with Gasteiger partial charge in [-0.2, -0.15) is 0 Å². The summed E-state index contributed by atoms with van der Waals surface area (Å²) in [6.45, 7) is 7.21. The smallest absolute Gasteiger partial charge is 0.331 e. The van der Waals surface area contributed by atoms with E-state index < -0.39 is 5.97 Å². The number of nitrogens with zero attached hydrogens (tertiary/aromatic N) is 1. The predicted octanol–water partition coefficient (Wildman–Crippen LogP) is 2.85. The van der Waals surface area contributed by atoms with Crippen LogP contribution in [0.3, 0.4) is 0 Å². The number of aliphatic carboxylic acids is 1. The van der Waals surface area contributed by atoms with Crippen LogP contribution >= 0.6 is 0 Å². The molecule has 3 nitrogen and oxygen atoms in total. The van der Waals surface area contributed by atoms with Crippen LogP contribution in [0.25, 0.3) is 0 Å². The van der Waals surface area contributed by atoms with E-state index in [1.807, 2.05) is 12.1 Å². The average Bonchev–Trinajstić information content (AvgIpc) is 2.29. The summed E-state index contributed by atoms with van der Waals surface area (Å²) in [5.41, 5.74) is 2.72. The van der Waals surface area contributed by atoms with Gasteiger partial charge in [0.1, 0.15) is 0 Å². The Morgan fingerprint density at radius 1 is 1.47 bits per heavy atom. The van der Waals surface area contributed by atoms with E-state index in [9.17, 15) is 4.79 Å². The lowest BCUT2D eigenvalue weighted by Crippen LogP contribution is -2.23. The maximum atomic E-state index is 10.7. The Morgan fingerprint density at radius 2 is 2.18 bits per heavy atom. The Morgan fingerprint density at radius 3 is 2.71 bits per heavy atom. The third-order valence-electron chi connectivity index (χ3n) is 2.70. The summed E-state index contributed by atoms with van der Waals surface area (Å²) >= 11 is 0. The van der Waals surface area contributed by atoms with E-state index in [1.54, 1.807) is 13.0 Å². The van der Waals surface area contributed by atoms with Crippen molar-refractivity contribution in [1.82, 2.24) is 0 Å². The largest absolute Gasteiger partial charge is 0.478 e. The zero-order valence-corrected chi connectivity index (χ0v) is 10.6. The van der Waals surface area contributed by atoms with Gasteiger partial charge < -0.3 is 10.0 Å². The van der Waals surface area contributed by atoms with Gasteiger partial charge in [0.15, 0.2) is 0 Å². The quantitative estimate of drug-likeness (QED) is 0.795. The lowest BCUT2D eigenvalue weighted by atomic mass is 10.2. The zero-order valence-electron chi connectivity index (χ0n) is 10.6. The van der Waals surface area contributed by atoms with Crippen LogP contribution < -0.4 is 4.90 Å². The lowest BCUT2D eigenvalue weighted by molar-refractivity contribution is -0.132. The number of likely N-dealkylation sites (N-methyl/N-ethyl adjacent to an activating group) is 1. The third kappa shape index (κ3) is 3.94. The summed E-state index contributed by atoms with van der Waals surface area (Å²) in [6, 6.07) is 8.21. The number of carbonyl (C=O) groups is 1. The number of anilines is 1. The van der Waals surface area contributed by atoms with E-state index in [1.165, 1.54) is 5.56 Å². The molecule has 1 N–H and O–H groups in total. The van der Waals surface area contributed by atoms with Gasteiger partial charge in [0.05, 0.1) is 0 Å². The van der Waals surface area contributed by atoms with Gasteiger partial charge in [-0.25, -0.2) is 4.79 Å². The molecule has 0 aliphatic heterocycles. The normalized spacial score (nSPS) is 11.4. The summed E-state index contributed by atoms with van der Waals surface area (Å²) in [5, 5.41) is 8.80. The SMILES string of the molecule is CCN(CC=C(C)C(=O)O)c1cccc(C)c1. The second kappa shape index (κ2) is 6.09. The average molecular weight is 233 g/mol. The van der Waals surface area contributed by atoms with Crippen LogP contribution in [-0.4, -0.2) is 24.2 Å². The van der Waals surface area contributed by atoms with Crippen molar-refractivity contribution < 1.29 is 9.90 Å². The maximum Gasteiger partial charge on any atom is 0.331 e. The number of aryl methyl sites for hydroxylation is 1. The number of rotatable bonds is 5. The first kappa shape index (κ1) is 13.3. The van der Waals surface area contributed by atoms with Gasteiger partial charge in [0, 0.05) is 24.4 Å². The predicted molar refractivity (Wildman–Crippen MR) is 70.5 cm³/mol. The van der Waals surface area contributed by atoms with Crippen molar-refractivity contribution in [3.8, 4) is 0 Å². The monoisotopic (exact) mass is 233 g/mol. The Kier molecular flexibility index (Phi) is 4.76. The van der Waals surface area contributed by atoms with E-state index in [2.05, 4.69) is 30.9 Å². The third-order valence-corrected chi connectivity index (χ3v) is 2.70. The van der Waals surface area contributed by atoms with Crippen LogP contribution in [0.5, 0.6) is 0 Å². The van der Waals surface area contributed by atoms with E-state index in [-0.39, 0.29) is 0 Å². The number of carboxylic acid groups (broad SMARTS) is 1. The summed E-state index contributed by atoms with van der Waals surface area (Å²) < 4.78 is 0. The minimum Gasteiger partial charge on any atom is -0.478 e. The van der Waals surface area contributed by atoms with Gasteiger partial charge in [0.25, 0.3) is 0 Å². The van der Waals surface area contributed by atoms with Crippen molar-refractivity contribution in [2.45, 2.75) is 20.8 Å². The molecule has 0 spiro atoms. The van der Waals surface area contributed by atoms with Gasteiger partial charge in [-0.3, -0.25) is 0 Å². The molecule has 0 fully saturated rings. The van der Waals surface area contributed by atoms with Gasteiger partial charge >= 0.3 is 5.97 Å². The van der Waals surface area contributed by atoms with Crippen molar-refractivity contribution in [3.63, 3.8) is 0 Å². The van der Waals surface area contributed by atoms with Crippen molar-refractivity contribution in [3.05, 3.63) is 41.5 Å². The minimum atomic E-state index is -0.856. The second-order valence-electron chi connectivity index (χ2n) is 4.07. The summed E-state index contributed by atoms with van der Waals surface area (Å²) in [7, 11) is 0. The maximum absolute atomic E-state index is 10.7. The van der Waals surface area contributed by atoms with E-state index in [4.69, 9.17) is 5.11 Å². The molecule has 0 saturated carbocycles. The first-order chi connectivity index (χ1) is 8.04. The van der Waals surface area contributed by atoms with Crippen LogP contribution in [0, 0.1) is 6.92 Å². The number of hydrogen-bond acceptors (Lipinski definition) is 2. The topological polar surface area (TPSA) is 40.5 Å². The molecule has 0 atom stereocenters. The second-order valence-corrected chi connectivity index (χ2v) is 4.07. The zero-order chi connectivity index (χ0) is 12.8. The van der Waals surface area contributed by atoms with Crippen molar-refractivity contribution in [1.29, 1.82) is 0 Å². The molecule has 1 rings (SSSR count). The molecule has 0 aliphatic rings. The molecular weight excluding hydrogens is 214 g/mol. The highest BCUT2D eigenvalue weighted by Gasteiger charge is 2.04. The molecule has 17 heavy (non-hydrogen) atoms. The number of benzene rings is 1. The lowest BCUT2D eigenvalue weighted by Gasteiger charge is -2.22. The van der Waals surface area contributed by atoms with E-state index in [0.717, 1.165) is 12.2 Å². The fourth-order valence-corrected chi connectivity index (χ4v) is 1.58. The summed E-state index contributed by atoms with van der Waals surface area (Å²) in [4.78, 5) is 12.8. The molecule has 0 bridgehead atoms. The van der Waals surface area contributed by atoms with Crippen LogP contribution in [0.4, 0.5) is 5.69 Å². The van der Waals surface area contributed by atoms with Crippen molar-refractivity contribution in [2.75, 3.05) is 18.0 Å². The number of carboxylic acids is 1. The number of hydrogen-bond donors (Lipinski definition) is 1. The van der Waals surface area contributed by atoms with E-state index in [0.29, 0.717) is 12.1 Å². The van der Waals surface area contributed by atoms with Crippen molar-refractivity contribution >= 4 is 11.7 Å². The van der Waals surface area contributed by atoms with E-state index >= 15 is 0 Å². The highest BCUT2D eigenvalue weighted by Crippen LogP contribution is 2.15. The van der Waals surface area contributed by atoms with Gasteiger partial charge in [-0.15, -0.1) is 0 Å². The fourth-order valence-electron chi connectivity index (χ4n) is 1.58. The van der Waals surface area contributed by atoms with Gasteiger partial charge in [-0.05, 0) is 38.5 Å².